The van der Waals surface area contributed by atoms with Gasteiger partial charge in [0.25, 0.3) is 10.1 Å². The Morgan fingerprint density at radius 2 is 1.64 bits per heavy atom. The highest BCUT2D eigenvalue weighted by Gasteiger charge is 2.19. The molecule has 0 spiro atoms. The summed E-state index contributed by atoms with van der Waals surface area (Å²) in [5.74, 6) is -0.265. The lowest BCUT2D eigenvalue weighted by Gasteiger charge is -2.08. The molecule has 0 saturated carbocycles. The number of benzene rings is 3. The average Bonchev–Trinajstić information content (AvgIpc) is 2.60. The third kappa shape index (κ3) is 3.39. The SMILES string of the molecule is O=Cc1cccc(N=Nc2cc(S(=O)(=O)O)c3ccccc3c2O)c1. The maximum Gasteiger partial charge on any atom is 0.295 e. The number of nitrogens with zero attached hydrogens (tertiary/aromatic N) is 2. The molecule has 3 aromatic rings. The third-order valence-corrected chi connectivity index (χ3v) is 4.41. The van der Waals surface area contributed by atoms with E-state index >= 15 is 0 Å². The highest BCUT2D eigenvalue weighted by atomic mass is 32.2. The first-order valence-corrected chi connectivity index (χ1v) is 8.53. The van der Waals surface area contributed by atoms with E-state index < -0.39 is 10.1 Å². The first-order valence-electron chi connectivity index (χ1n) is 7.09. The number of rotatable bonds is 4. The van der Waals surface area contributed by atoms with Gasteiger partial charge in [0.1, 0.15) is 16.9 Å². The second-order valence-electron chi connectivity index (χ2n) is 5.18. The van der Waals surface area contributed by atoms with Gasteiger partial charge in [-0.25, -0.2) is 0 Å². The monoisotopic (exact) mass is 356 g/mol. The molecule has 0 radical (unpaired) electrons. The zero-order chi connectivity index (χ0) is 18.0. The second kappa shape index (κ2) is 6.42. The summed E-state index contributed by atoms with van der Waals surface area (Å²) < 4.78 is 32.7. The number of carbonyl (C=O) groups is 1. The van der Waals surface area contributed by atoms with Crippen molar-refractivity contribution in [3.8, 4) is 5.75 Å². The molecule has 0 aliphatic heterocycles. The predicted molar refractivity (Wildman–Crippen MR) is 91.4 cm³/mol. The van der Waals surface area contributed by atoms with Gasteiger partial charge in [-0.2, -0.15) is 13.5 Å². The van der Waals surface area contributed by atoms with Crippen molar-refractivity contribution in [3.05, 3.63) is 60.2 Å². The van der Waals surface area contributed by atoms with Gasteiger partial charge in [0.15, 0.2) is 5.75 Å². The van der Waals surface area contributed by atoms with Crippen molar-refractivity contribution in [1.29, 1.82) is 0 Å². The summed E-state index contributed by atoms with van der Waals surface area (Å²) in [5, 5.41) is 18.5. The standard InChI is InChI=1S/C17H12N2O5S/c20-10-11-4-3-5-12(8-11)18-19-15-9-16(25(22,23)24)13-6-1-2-7-14(13)17(15)21/h1-10,21H,(H,22,23,24). The molecular weight excluding hydrogens is 344 g/mol. The van der Waals surface area contributed by atoms with E-state index in [9.17, 15) is 22.9 Å². The molecule has 8 heteroatoms. The molecule has 0 saturated heterocycles. The molecule has 126 valence electrons. The van der Waals surface area contributed by atoms with Crippen molar-refractivity contribution >= 4 is 38.6 Å². The molecule has 0 atom stereocenters. The van der Waals surface area contributed by atoms with Crippen molar-refractivity contribution in [2.75, 3.05) is 0 Å². The van der Waals surface area contributed by atoms with Crippen LogP contribution in [0.15, 0.2) is 69.7 Å². The van der Waals surface area contributed by atoms with Gasteiger partial charge in [-0.05, 0) is 18.2 Å². The number of phenolic OH excluding ortho intramolecular Hbond substituents is 1. The molecule has 0 unspecified atom stereocenters. The summed E-state index contributed by atoms with van der Waals surface area (Å²) in [4.78, 5) is 10.4. The van der Waals surface area contributed by atoms with Gasteiger partial charge >= 0.3 is 0 Å². The lowest BCUT2D eigenvalue weighted by atomic mass is 10.1. The van der Waals surface area contributed by atoms with Crippen LogP contribution in [0.25, 0.3) is 10.8 Å². The zero-order valence-corrected chi connectivity index (χ0v) is 13.5. The Bertz CT molecular complexity index is 1110. The first kappa shape index (κ1) is 16.7. The Balaban J connectivity index is 2.17. The summed E-state index contributed by atoms with van der Waals surface area (Å²) in [6.45, 7) is 0. The normalized spacial score (nSPS) is 11.9. The van der Waals surface area contributed by atoms with Crippen LogP contribution in [-0.4, -0.2) is 24.4 Å². The van der Waals surface area contributed by atoms with E-state index in [0.29, 0.717) is 17.5 Å². The molecule has 0 aliphatic rings. The molecule has 0 aliphatic carbocycles. The fourth-order valence-corrected chi connectivity index (χ4v) is 3.09. The van der Waals surface area contributed by atoms with Crippen LogP contribution in [-0.2, 0) is 10.1 Å². The Hall–Kier alpha value is -3.10. The lowest BCUT2D eigenvalue weighted by Crippen LogP contribution is -1.99. The molecule has 3 aromatic carbocycles. The van der Waals surface area contributed by atoms with Gasteiger partial charge in [-0.1, -0.05) is 36.4 Å². The van der Waals surface area contributed by atoms with Gasteiger partial charge in [0.05, 0.1) is 5.69 Å². The summed E-state index contributed by atoms with van der Waals surface area (Å²) in [7, 11) is -4.52. The number of phenols is 1. The van der Waals surface area contributed by atoms with E-state index in [-0.39, 0.29) is 27.1 Å². The minimum atomic E-state index is -4.52. The van der Waals surface area contributed by atoms with Crippen molar-refractivity contribution in [3.63, 3.8) is 0 Å². The second-order valence-corrected chi connectivity index (χ2v) is 6.57. The van der Waals surface area contributed by atoms with Crippen LogP contribution < -0.4 is 0 Å². The van der Waals surface area contributed by atoms with Gasteiger partial charge < -0.3 is 5.11 Å². The van der Waals surface area contributed by atoms with Crippen LogP contribution in [0.4, 0.5) is 11.4 Å². The van der Waals surface area contributed by atoms with Crippen LogP contribution in [0.3, 0.4) is 0 Å². The Kier molecular flexibility index (Phi) is 4.30. The van der Waals surface area contributed by atoms with E-state index in [1.807, 2.05) is 0 Å². The number of aldehydes is 1. The summed E-state index contributed by atoms with van der Waals surface area (Å²) >= 11 is 0. The fraction of sp³-hybridized carbons (Fsp3) is 0. The Morgan fingerprint density at radius 1 is 0.920 bits per heavy atom. The minimum absolute atomic E-state index is 0.122. The van der Waals surface area contributed by atoms with Crippen LogP contribution in [0, 0.1) is 0 Å². The van der Waals surface area contributed by atoms with Crippen molar-refractivity contribution in [1.82, 2.24) is 0 Å². The Labute approximate surface area is 143 Å². The van der Waals surface area contributed by atoms with Crippen molar-refractivity contribution in [2.24, 2.45) is 10.2 Å². The van der Waals surface area contributed by atoms with Gasteiger partial charge in [-0.3, -0.25) is 9.35 Å². The zero-order valence-electron chi connectivity index (χ0n) is 12.7. The molecule has 3 rings (SSSR count). The number of fused-ring (bicyclic) bond motifs is 1. The molecule has 0 fully saturated rings. The highest BCUT2D eigenvalue weighted by Crippen LogP contribution is 2.39. The topological polar surface area (TPSA) is 116 Å². The van der Waals surface area contributed by atoms with Crippen molar-refractivity contribution in [2.45, 2.75) is 4.90 Å². The number of aromatic hydroxyl groups is 1. The Morgan fingerprint density at radius 3 is 2.32 bits per heavy atom. The molecule has 2 N–H and O–H groups in total. The van der Waals surface area contributed by atoms with Crippen LogP contribution in [0.2, 0.25) is 0 Å². The minimum Gasteiger partial charge on any atom is -0.505 e. The number of hydrogen-bond acceptors (Lipinski definition) is 6. The van der Waals surface area contributed by atoms with Crippen molar-refractivity contribution < 1.29 is 22.9 Å². The van der Waals surface area contributed by atoms with Gasteiger partial charge in [0.2, 0.25) is 0 Å². The molecule has 0 amide bonds. The largest absolute Gasteiger partial charge is 0.505 e. The quantitative estimate of drug-likeness (QED) is 0.416. The highest BCUT2D eigenvalue weighted by molar-refractivity contribution is 7.86. The molecule has 7 nitrogen and oxygen atoms in total. The lowest BCUT2D eigenvalue weighted by molar-refractivity contribution is 0.112. The summed E-state index contributed by atoms with van der Waals surface area (Å²) in [5.41, 5.74) is 0.631. The van der Waals surface area contributed by atoms with Crippen LogP contribution in [0.5, 0.6) is 5.75 Å². The van der Waals surface area contributed by atoms with E-state index in [1.165, 1.54) is 18.2 Å². The molecule has 25 heavy (non-hydrogen) atoms. The fourth-order valence-electron chi connectivity index (χ4n) is 2.37. The molecular formula is C17H12N2O5S. The molecule has 0 aromatic heterocycles. The van der Waals surface area contributed by atoms with Crippen LogP contribution in [0.1, 0.15) is 10.4 Å². The van der Waals surface area contributed by atoms with E-state index in [0.717, 1.165) is 6.07 Å². The predicted octanol–water partition coefficient (Wildman–Crippen LogP) is 4.02. The first-order chi connectivity index (χ1) is 11.9. The van der Waals surface area contributed by atoms with Crippen LogP contribution >= 0.6 is 0 Å². The summed E-state index contributed by atoms with van der Waals surface area (Å²) in [6, 6.07) is 13.5. The maximum atomic E-state index is 11.6. The number of azo groups is 1. The van der Waals surface area contributed by atoms with E-state index in [1.54, 1.807) is 30.3 Å². The van der Waals surface area contributed by atoms with Gasteiger partial charge in [0, 0.05) is 16.3 Å². The van der Waals surface area contributed by atoms with Gasteiger partial charge in [-0.15, -0.1) is 5.11 Å². The number of carbonyl (C=O) groups excluding carboxylic acids is 1. The summed E-state index contributed by atoms with van der Waals surface area (Å²) in [6.07, 6.45) is 0.656. The van der Waals surface area contributed by atoms with E-state index in [4.69, 9.17) is 0 Å². The molecule has 0 bridgehead atoms. The van der Waals surface area contributed by atoms with E-state index in [2.05, 4.69) is 10.2 Å². The maximum absolute atomic E-state index is 11.6. The average molecular weight is 356 g/mol. The smallest absolute Gasteiger partial charge is 0.295 e. The third-order valence-electron chi connectivity index (χ3n) is 3.52. The molecule has 0 heterocycles. The number of hydrogen-bond donors (Lipinski definition) is 2.